The number of carbonyl (C=O) groups excluding carboxylic acids is 1. The summed E-state index contributed by atoms with van der Waals surface area (Å²) in [7, 11) is 0. The van der Waals surface area contributed by atoms with Crippen LogP contribution in [0.25, 0.3) is 0 Å². The molecule has 1 aliphatic carbocycles. The van der Waals surface area contributed by atoms with Crippen LogP contribution in [0.2, 0.25) is 0 Å². The Morgan fingerprint density at radius 1 is 1.24 bits per heavy atom. The molecule has 0 radical (unpaired) electrons. The van der Waals surface area contributed by atoms with Crippen LogP contribution in [-0.2, 0) is 0 Å². The number of amides is 1. The van der Waals surface area contributed by atoms with E-state index >= 15 is 0 Å². The fraction of sp³-hybridized carbons (Fsp3) is 0.688. The van der Waals surface area contributed by atoms with Gasteiger partial charge in [0.15, 0.2) is 5.69 Å². The van der Waals surface area contributed by atoms with Crippen LogP contribution < -0.4 is 10.6 Å². The van der Waals surface area contributed by atoms with Crippen molar-refractivity contribution in [1.82, 2.24) is 15.5 Å². The van der Waals surface area contributed by atoms with Crippen molar-refractivity contribution in [1.29, 1.82) is 0 Å². The maximum Gasteiger partial charge on any atom is 0.271 e. The summed E-state index contributed by atoms with van der Waals surface area (Å²) in [4.78, 5) is 11.9. The summed E-state index contributed by atoms with van der Waals surface area (Å²) in [5, 5.41) is 14.4. The summed E-state index contributed by atoms with van der Waals surface area (Å²) in [6.45, 7) is 4.95. The number of rotatable bonds is 6. The molecule has 0 aromatic carbocycles. The van der Waals surface area contributed by atoms with Gasteiger partial charge in [-0.05, 0) is 37.3 Å². The van der Waals surface area contributed by atoms with E-state index < -0.39 is 0 Å². The Morgan fingerprint density at radius 2 is 2.00 bits per heavy atom. The van der Waals surface area contributed by atoms with Crippen LogP contribution in [0.5, 0.6) is 0 Å². The Bertz CT molecular complexity index is 438. The molecule has 0 saturated heterocycles. The van der Waals surface area contributed by atoms with Crippen molar-refractivity contribution < 1.29 is 4.79 Å². The first-order valence-electron chi connectivity index (χ1n) is 8.03. The van der Waals surface area contributed by atoms with E-state index in [1.54, 1.807) is 6.07 Å². The fourth-order valence-electron chi connectivity index (χ4n) is 2.55. The van der Waals surface area contributed by atoms with Crippen molar-refractivity contribution in [2.24, 2.45) is 5.92 Å². The molecule has 5 nitrogen and oxygen atoms in total. The van der Waals surface area contributed by atoms with E-state index in [2.05, 4.69) is 34.7 Å². The van der Waals surface area contributed by atoms with E-state index in [4.69, 9.17) is 0 Å². The van der Waals surface area contributed by atoms with Gasteiger partial charge in [-0.3, -0.25) is 4.79 Å². The highest BCUT2D eigenvalue weighted by molar-refractivity contribution is 5.92. The van der Waals surface area contributed by atoms with Crippen LogP contribution in [0.3, 0.4) is 0 Å². The second kappa shape index (κ2) is 7.96. The lowest BCUT2D eigenvalue weighted by Crippen LogP contribution is -2.27. The van der Waals surface area contributed by atoms with Crippen LogP contribution in [0.4, 0.5) is 5.82 Å². The molecule has 1 aliphatic rings. The average molecular weight is 290 g/mol. The van der Waals surface area contributed by atoms with Gasteiger partial charge in [-0.1, -0.05) is 33.1 Å². The molecule has 1 fully saturated rings. The van der Waals surface area contributed by atoms with E-state index in [1.165, 1.54) is 32.1 Å². The van der Waals surface area contributed by atoms with Gasteiger partial charge in [-0.15, -0.1) is 10.2 Å². The molecule has 0 spiro atoms. The average Bonchev–Trinajstić information content (AvgIpc) is 2.48. The second-order valence-corrected chi connectivity index (χ2v) is 6.22. The van der Waals surface area contributed by atoms with Crippen molar-refractivity contribution in [3.05, 3.63) is 17.8 Å². The zero-order valence-electron chi connectivity index (χ0n) is 13.1. The largest absolute Gasteiger partial charge is 0.366 e. The Kier molecular flexibility index (Phi) is 5.96. The van der Waals surface area contributed by atoms with Gasteiger partial charge in [0.05, 0.1) is 0 Å². The summed E-state index contributed by atoms with van der Waals surface area (Å²) in [6, 6.07) is 4.08. The molecular formula is C16H26N4O. The van der Waals surface area contributed by atoms with Crippen molar-refractivity contribution in [2.45, 2.75) is 58.4 Å². The topological polar surface area (TPSA) is 66.9 Å². The third kappa shape index (κ3) is 5.33. The number of hydrogen-bond acceptors (Lipinski definition) is 4. The van der Waals surface area contributed by atoms with Gasteiger partial charge < -0.3 is 10.6 Å². The second-order valence-electron chi connectivity index (χ2n) is 6.22. The van der Waals surface area contributed by atoms with Gasteiger partial charge in [0.25, 0.3) is 5.91 Å². The number of carbonyl (C=O) groups is 1. The first-order chi connectivity index (χ1) is 10.1. The minimum Gasteiger partial charge on any atom is -0.366 e. The first-order valence-corrected chi connectivity index (χ1v) is 8.03. The molecule has 2 rings (SSSR count). The van der Waals surface area contributed by atoms with Crippen molar-refractivity contribution in [3.8, 4) is 0 Å². The molecule has 1 saturated carbocycles. The van der Waals surface area contributed by atoms with Crippen molar-refractivity contribution in [3.63, 3.8) is 0 Å². The Morgan fingerprint density at radius 3 is 2.62 bits per heavy atom. The summed E-state index contributed by atoms with van der Waals surface area (Å²) < 4.78 is 0. The normalized spacial score (nSPS) is 16.0. The molecule has 1 heterocycles. The van der Waals surface area contributed by atoms with E-state index in [0.717, 1.165) is 12.2 Å². The first kappa shape index (κ1) is 15.7. The van der Waals surface area contributed by atoms with Gasteiger partial charge >= 0.3 is 0 Å². The maximum absolute atomic E-state index is 11.9. The number of aromatic nitrogens is 2. The van der Waals surface area contributed by atoms with Gasteiger partial charge in [0, 0.05) is 12.6 Å². The molecule has 0 atom stereocenters. The van der Waals surface area contributed by atoms with Gasteiger partial charge in [-0.2, -0.15) is 0 Å². The SMILES string of the molecule is CC(C)CCNC(=O)c1ccc(NC2CCCCC2)nn1. The highest BCUT2D eigenvalue weighted by Crippen LogP contribution is 2.20. The Hall–Kier alpha value is -1.65. The third-order valence-corrected chi connectivity index (χ3v) is 3.86. The number of nitrogens with zero attached hydrogens (tertiary/aromatic N) is 2. The molecule has 0 unspecified atom stereocenters. The summed E-state index contributed by atoms with van der Waals surface area (Å²) in [5.74, 6) is 1.20. The summed E-state index contributed by atoms with van der Waals surface area (Å²) in [5.41, 5.74) is 0.382. The van der Waals surface area contributed by atoms with Crippen LogP contribution >= 0.6 is 0 Å². The van der Waals surface area contributed by atoms with Crippen molar-refractivity contribution in [2.75, 3.05) is 11.9 Å². The van der Waals surface area contributed by atoms with E-state index in [0.29, 0.717) is 24.2 Å². The molecule has 21 heavy (non-hydrogen) atoms. The quantitative estimate of drug-likeness (QED) is 0.845. The molecule has 0 bridgehead atoms. The number of anilines is 1. The van der Waals surface area contributed by atoms with E-state index in [-0.39, 0.29) is 5.91 Å². The summed E-state index contributed by atoms with van der Waals surface area (Å²) in [6.07, 6.45) is 7.25. The van der Waals surface area contributed by atoms with Crippen LogP contribution in [0.1, 0.15) is 62.9 Å². The lowest BCUT2D eigenvalue weighted by Gasteiger charge is -2.22. The zero-order valence-corrected chi connectivity index (χ0v) is 13.1. The smallest absolute Gasteiger partial charge is 0.271 e. The Balaban J connectivity index is 1.81. The number of hydrogen-bond donors (Lipinski definition) is 2. The Labute approximate surface area is 126 Å². The lowest BCUT2D eigenvalue weighted by molar-refractivity contribution is 0.0946. The minimum atomic E-state index is -0.146. The maximum atomic E-state index is 11.9. The predicted molar refractivity (Wildman–Crippen MR) is 84.3 cm³/mol. The van der Waals surface area contributed by atoms with Gasteiger partial charge in [-0.25, -0.2) is 0 Å². The fourth-order valence-corrected chi connectivity index (χ4v) is 2.55. The molecule has 1 amide bonds. The minimum absolute atomic E-state index is 0.146. The van der Waals surface area contributed by atoms with Crippen LogP contribution in [0, 0.1) is 5.92 Å². The lowest BCUT2D eigenvalue weighted by atomic mass is 9.95. The van der Waals surface area contributed by atoms with Crippen LogP contribution in [-0.4, -0.2) is 28.7 Å². The highest BCUT2D eigenvalue weighted by atomic mass is 16.1. The highest BCUT2D eigenvalue weighted by Gasteiger charge is 2.14. The molecule has 2 N–H and O–H groups in total. The molecule has 1 aromatic rings. The van der Waals surface area contributed by atoms with Gasteiger partial charge in [0.2, 0.25) is 0 Å². The van der Waals surface area contributed by atoms with Crippen LogP contribution in [0.15, 0.2) is 12.1 Å². The molecule has 116 valence electrons. The molecular weight excluding hydrogens is 264 g/mol. The molecule has 0 aliphatic heterocycles. The molecule has 1 aromatic heterocycles. The van der Waals surface area contributed by atoms with E-state index in [1.807, 2.05) is 6.07 Å². The van der Waals surface area contributed by atoms with Crippen molar-refractivity contribution >= 4 is 11.7 Å². The number of nitrogens with one attached hydrogen (secondary N) is 2. The third-order valence-electron chi connectivity index (χ3n) is 3.86. The predicted octanol–water partition coefficient (Wildman–Crippen LogP) is 3.00. The molecule has 5 heteroatoms. The van der Waals surface area contributed by atoms with E-state index in [9.17, 15) is 4.79 Å². The standard InChI is InChI=1S/C16H26N4O/c1-12(2)10-11-17-16(21)14-8-9-15(20-19-14)18-13-6-4-3-5-7-13/h8-9,12-13H,3-7,10-11H2,1-2H3,(H,17,21)(H,18,20). The zero-order chi connectivity index (χ0) is 15.1. The van der Waals surface area contributed by atoms with Gasteiger partial charge in [0.1, 0.15) is 5.82 Å². The summed E-state index contributed by atoms with van der Waals surface area (Å²) >= 11 is 0. The monoisotopic (exact) mass is 290 g/mol.